The summed E-state index contributed by atoms with van der Waals surface area (Å²) in [4.78, 5) is 13.0. The molecular weight excluding hydrogens is 498 g/mol. The molecule has 0 fully saturated rings. The van der Waals surface area contributed by atoms with Gasteiger partial charge in [-0.3, -0.25) is 10.2 Å². The molecule has 0 aromatic heterocycles. The van der Waals surface area contributed by atoms with Crippen LogP contribution in [0.2, 0.25) is 0 Å². The third-order valence-corrected chi connectivity index (χ3v) is 6.08. The number of carbonyl (C=O) groups excluding carboxylic acids is 1. The fraction of sp³-hybridized carbons (Fsp3) is 0.226. The van der Waals surface area contributed by atoms with Gasteiger partial charge >= 0.3 is 0 Å². The maximum atomic E-state index is 15.2. The Kier molecular flexibility index (Phi) is 10.5. The number of amides is 1. The number of halogens is 2. The molecule has 0 unspecified atom stereocenters. The first-order valence-electron chi connectivity index (χ1n) is 12.7. The van der Waals surface area contributed by atoms with Gasteiger partial charge < -0.3 is 20.7 Å². The number of rotatable bonds is 12. The van der Waals surface area contributed by atoms with Gasteiger partial charge in [0.05, 0.1) is 5.56 Å². The van der Waals surface area contributed by atoms with Crippen LogP contribution in [0.5, 0.6) is 5.75 Å². The number of nitrogens with two attached hydrogens (primary N) is 1. The van der Waals surface area contributed by atoms with E-state index in [1.54, 1.807) is 44.4 Å². The van der Waals surface area contributed by atoms with Crippen LogP contribution < -0.4 is 15.8 Å². The van der Waals surface area contributed by atoms with Crippen molar-refractivity contribution in [2.24, 2.45) is 0 Å². The van der Waals surface area contributed by atoms with Crippen molar-refractivity contribution in [2.45, 2.75) is 13.3 Å². The van der Waals surface area contributed by atoms with Crippen LogP contribution in [0.4, 0.5) is 14.5 Å². The van der Waals surface area contributed by atoms with Gasteiger partial charge in [0, 0.05) is 38.9 Å². The Hall–Kier alpha value is -4.30. The number of carbonyl (C=O) groups is 1. The van der Waals surface area contributed by atoms with Gasteiger partial charge in [-0.15, -0.1) is 0 Å². The van der Waals surface area contributed by atoms with E-state index in [4.69, 9.17) is 15.9 Å². The van der Waals surface area contributed by atoms with Crippen molar-refractivity contribution < 1.29 is 18.3 Å². The van der Waals surface area contributed by atoms with Crippen LogP contribution >= 0.6 is 0 Å². The van der Waals surface area contributed by atoms with Crippen LogP contribution in [0, 0.1) is 11.2 Å². The summed E-state index contributed by atoms with van der Waals surface area (Å²) < 4.78 is 34.8. The highest BCUT2D eigenvalue weighted by Gasteiger charge is 2.17. The molecule has 1 amide bonds. The summed E-state index contributed by atoms with van der Waals surface area (Å²) in [5.74, 6) is -1.64. The summed E-state index contributed by atoms with van der Waals surface area (Å²) in [6.07, 6.45) is 3.83. The van der Waals surface area contributed by atoms with E-state index in [0.717, 1.165) is 16.7 Å². The minimum absolute atomic E-state index is 0.0117. The Bertz CT molecular complexity index is 1370. The first kappa shape index (κ1) is 29.3. The molecule has 0 saturated heterocycles. The fourth-order valence-electron chi connectivity index (χ4n) is 4.08. The predicted octanol–water partition coefficient (Wildman–Crippen LogP) is 5.68. The number of anilines is 1. The quantitative estimate of drug-likeness (QED) is 0.0920. The van der Waals surface area contributed by atoms with E-state index in [2.05, 4.69) is 5.32 Å². The number of nitrogen functional groups attached to an aromatic ring is 1. The number of benzene rings is 3. The Morgan fingerprint density at radius 1 is 1.05 bits per heavy atom. The Labute approximate surface area is 228 Å². The van der Waals surface area contributed by atoms with E-state index in [9.17, 15) is 9.18 Å². The number of nitrogens with one attached hydrogen (secondary N) is 2. The Balaban J connectivity index is 1.87. The first-order valence-corrected chi connectivity index (χ1v) is 12.7. The van der Waals surface area contributed by atoms with Gasteiger partial charge in [-0.2, -0.15) is 4.39 Å². The number of ether oxygens (including phenoxy) is 1. The molecule has 0 atom stereocenters. The highest BCUT2D eigenvalue weighted by atomic mass is 19.1. The largest absolute Gasteiger partial charge is 0.489 e. The van der Waals surface area contributed by atoms with Gasteiger partial charge in [0.25, 0.3) is 0 Å². The van der Waals surface area contributed by atoms with Gasteiger partial charge in [0.15, 0.2) is 11.6 Å². The fourth-order valence-corrected chi connectivity index (χ4v) is 4.08. The van der Waals surface area contributed by atoms with Crippen LogP contribution in [0.1, 0.15) is 35.6 Å². The molecule has 0 heterocycles. The molecule has 39 heavy (non-hydrogen) atoms. The summed E-state index contributed by atoms with van der Waals surface area (Å²) in [7, 11) is 3.36. The number of hydrogen-bond donors (Lipinski definition) is 3. The van der Waals surface area contributed by atoms with Gasteiger partial charge in [-0.05, 0) is 58.5 Å². The first-order chi connectivity index (χ1) is 18.7. The predicted molar refractivity (Wildman–Crippen MR) is 154 cm³/mol. The summed E-state index contributed by atoms with van der Waals surface area (Å²) >= 11 is 0. The highest BCUT2D eigenvalue weighted by Crippen LogP contribution is 2.37. The maximum absolute atomic E-state index is 15.2. The average Bonchev–Trinajstić information content (AvgIpc) is 2.92. The maximum Gasteiger partial charge on any atom is 0.245 e. The molecule has 3 aromatic rings. The lowest BCUT2D eigenvalue weighted by molar-refractivity contribution is -0.123. The zero-order chi connectivity index (χ0) is 28.4. The molecule has 8 heteroatoms. The lowest BCUT2D eigenvalue weighted by Gasteiger charge is -2.18. The summed E-state index contributed by atoms with van der Waals surface area (Å²) in [5, 5.41) is 10.6. The molecule has 0 aliphatic carbocycles. The lowest BCUT2D eigenvalue weighted by Crippen LogP contribution is -2.22. The molecule has 0 bridgehead atoms. The Morgan fingerprint density at radius 2 is 1.74 bits per heavy atom. The van der Waals surface area contributed by atoms with E-state index in [0.29, 0.717) is 30.6 Å². The number of allylic oxidation sites excluding steroid dienone is 1. The molecule has 0 aliphatic heterocycles. The van der Waals surface area contributed by atoms with Crippen LogP contribution in [0.15, 0.2) is 78.9 Å². The van der Waals surface area contributed by atoms with Crippen molar-refractivity contribution in [1.29, 1.82) is 5.41 Å². The summed E-state index contributed by atoms with van der Waals surface area (Å²) in [6, 6.07) is 19.3. The SMILES string of the molecule is CC/C(=C(/c1ccc(OCCNC/C=C/C(=O)N(C)C)c(F)c1)c1ccc(N)c(C(=N)F)c1)c1ccccc1. The molecule has 204 valence electrons. The zero-order valence-electron chi connectivity index (χ0n) is 22.4. The van der Waals surface area contributed by atoms with Crippen molar-refractivity contribution in [2.75, 3.05) is 39.5 Å². The van der Waals surface area contributed by atoms with E-state index in [1.807, 2.05) is 37.3 Å². The minimum atomic E-state index is -1.13. The number of nitrogens with zero attached hydrogens (tertiary/aromatic N) is 1. The third-order valence-electron chi connectivity index (χ3n) is 6.08. The van der Waals surface area contributed by atoms with E-state index >= 15 is 4.39 Å². The second-order valence-corrected chi connectivity index (χ2v) is 9.02. The van der Waals surface area contributed by atoms with Gasteiger partial charge in [0.2, 0.25) is 11.9 Å². The monoisotopic (exact) mass is 532 g/mol. The van der Waals surface area contributed by atoms with Crippen molar-refractivity contribution in [3.05, 3.63) is 107 Å². The van der Waals surface area contributed by atoms with Crippen LogP contribution in [0.25, 0.3) is 11.1 Å². The highest BCUT2D eigenvalue weighted by molar-refractivity contribution is 6.02. The van der Waals surface area contributed by atoms with Crippen LogP contribution in [-0.4, -0.2) is 50.6 Å². The lowest BCUT2D eigenvalue weighted by atomic mass is 9.87. The van der Waals surface area contributed by atoms with Crippen LogP contribution in [-0.2, 0) is 4.79 Å². The van der Waals surface area contributed by atoms with Crippen molar-refractivity contribution in [3.63, 3.8) is 0 Å². The second-order valence-electron chi connectivity index (χ2n) is 9.02. The van der Waals surface area contributed by atoms with Crippen molar-refractivity contribution >= 4 is 28.7 Å². The number of likely N-dealkylation sites (N-methyl/N-ethyl adjacent to an activating group) is 1. The molecule has 3 rings (SSSR count). The molecule has 4 N–H and O–H groups in total. The van der Waals surface area contributed by atoms with Crippen molar-refractivity contribution in [3.8, 4) is 5.75 Å². The smallest absolute Gasteiger partial charge is 0.245 e. The van der Waals surface area contributed by atoms with Crippen LogP contribution in [0.3, 0.4) is 0 Å². The minimum Gasteiger partial charge on any atom is -0.489 e. The van der Waals surface area contributed by atoms with E-state index < -0.39 is 11.8 Å². The topological polar surface area (TPSA) is 91.4 Å². The molecule has 6 nitrogen and oxygen atoms in total. The third kappa shape index (κ3) is 7.85. The second kappa shape index (κ2) is 14.0. The molecular formula is C31H34F2N4O2. The molecule has 0 saturated carbocycles. The van der Waals surface area contributed by atoms with E-state index in [-0.39, 0.29) is 29.5 Å². The average molecular weight is 533 g/mol. The normalized spacial score (nSPS) is 11.8. The van der Waals surface area contributed by atoms with Gasteiger partial charge in [0.1, 0.15) is 6.61 Å². The van der Waals surface area contributed by atoms with E-state index in [1.165, 1.54) is 23.1 Å². The Morgan fingerprint density at radius 3 is 2.38 bits per heavy atom. The molecule has 0 aliphatic rings. The number of hydrogen-bond acceptors (Lipinski definition) is 5. The molecule has 0 radical (unpaired) electrons. The van der Waals surface area contributed by atoms with Gasteiger partial charge in [-0.1, -0.05) is 55.5 Å². The van der Waals surface area contributed by atoms with Crippen molar-refractivity contribution in [1.82, 2.24) is 10.2 Å². The summed E-state index contributed by atoms with van der Waals surface area (Å²) in [5.41, 5.74) is 9.88. The zero-order valence-corrected chi connectivity index (χ0v) is 22.4. The standard InChI is InChI=1S/C31H34F2N4O2/c1-4-24(21-9-6-5-7-10-21)30(22-12-14-27(34)25(19-22)31(33)35)23-13-15-28(26(32)20-23)39-18-17-36-16-8-11-29(38)37(2)3/h5-15,19-20,35-36H,4,16-18,34H2,1-3H3/b11-8+,30-24-,35-31?. The molecule has 3 aromatic carbocycles. The summed E-state index contributed by atoms with van der Waals surface area (Å²) in [6.45, 7) is 3.19. The molecule has 0 spiro atoms. The van der Waals surface area contributed by atoms with Gasteiger partial charge in [-0.25, -0.2) is 4.39 Å².